The zero-order valence-corrected chi connectivity index (χ0v) is 6.77. The van der Waals surface area contributed by atoms with Crippen molar-refractivity contribution >= 4 is 21.9 Å². The smallest absolute Gasteiger partial charge is 0.181 e. The first kappa shape index (κ1) is 6.60. The lowest BCUT2D eigenvalue weighted by Crippen LogP contribution is -1.75. The van der Waals surface area contributed by atoms with Crippen molar-refractivity contribution in [2.45, 2.75) is 0 Å². The molecule has 0 saturated heterocycles. The van der Waals surface area contributed by atoms with E-state index in [-0.39, 0.29) is 0 Å². The van der Waals surface area contributed by atoms with Crippen LogP contribution in [0, 0.1) is 0 Å². The van der Waals surface area contributed by atoms with E-state index in [1.165, 1.54) is 6.39 Å². The molecule has 0 unspecified atom stereocenters. The third-order valence-electron chi connectivity index (χ3n) is 2.09. The van der Waals surface area contributed by atoms with Crippen LogP contribution in [0.5, 0.6) is 0 Å². The lowest BCUT2D eigenvalue weighted by molar-refractivity contribution is 0.602. The van der Waals surface area contributed by atoms with Gasteiger partial charge in [-0.25, -0.2) is 4.98 Å². The zero-order chi connectivity index (χ0) is 8.67. The fourth-order valence-electron chi connectivity index (χ4n) is 1.44. The normalized spacial score (nSPS) is 11.1. The van der Waals surface area contributed by atoms with Gasteiger partial charge < -0.3 is 4.42 Å². The van der Waals surface area contributed by atoms with Crippen LogP contribution in [-0.2, 0) is 0 Å². The van der Waals surface area contributed by atoms with E-state index in [1.807, 2.05) is 24.4 Å². The summed E-state index contributed by atoms with van der Waals surface area (Å²) in [5.41, 5.74) is 1.69. The van der Waals surface area contributed by atoms with Crippen LogP contribution < -0.4 is 0 Å². The Kier molecular flexibility index (Phi) is 1.16. The first-order valence-electron chi connectivity index (χ1n) is 4.00. The van der Waals surface area contributed by atoms with Gasteiger partial charge in [0.2, 0.25) is 0 Å². The Labute approximate surface area is 74.0 Å². The highest BCUT2D eigenvalue weighted by Gasteiger charge is 2.00. The molecule has 1 aromatic carbocycles. The number of fused-ring (bicyclic) bond motifs is 2. The number of hydrogen-bond donors (Lipinski definition) is 0. The van der Waals surface area contributed by atoms with Gasteiger partial charge in [0.05, 0.1) is 0 Å². The van der Waals surface area contributed by atoms with Crippen LogP contribution in [0.4, 0.5) is 0 Å². The number of benzene rings is 1. The van der Waals surface area contributed by atoms with E-state index < -0.39 is 0 Å². The standard InChI is InChI=1S/C10H6N2O/c1-2-11-5-8-4-10-9(3-7(1)8)12-6-13-10/h1-6H. The average Bonchev–Trinajstić information content (AvgIpc) is 2.61. The van der Waals surface area contributed by atoms with E-state index in [0.717, 1.165) is 21.9 Å². The number of rotatable bonds is 0. The van der Waals surface area contributed by atoms with Gasteiger partial charge in [-0.2, -0.15) is 0 Å². The average molecular weight is 170 g/mol. The molecule has 0 aliphatic carbocycles. The van der Waals surface area contributed by atoms with E-state index in [4.69, 9.17) is 4.42 Å². The zero-order valence-electron chi connectivity index (χ0n) is 6.77. The minimum Gasteiger partial charge on any atom is -0.443 e. The molecular weight excluding hydrogens is 164 g/mol. The largest absolute Gasteiger partial charge is 0.443 e. The van der Waals surface area contributed by atoms with Crippen molar-refractivity contribution in [1.29, 1.82) is 0 Å². The molecule has 0 amide bonds. The third-order valence-corrected chi connectivity index (χ3v) is 2.09. The Hall–Kier alpha value is -1.90. The lowest BCUT2D eigenvalue weighted by Gasteiger charge is -1.94. The number of hydrogen-bond acceptors (Lipinski definition) is 3. The van der Waals surface area contributed by atoms with Crippen molar-refractivity contribution < 1.29 is 4.42 Å². The first-order valence-corrected chi connectivity index (χ1v) is 4.00. The molecule has 0 fully saturated rings. The maximum Gasteiger partial charge on any atom is 0.181 e. The highest BCUT2D eigenvalue weighted by atomic mass is 16.3. The van der Waals surface area contributed by atoms with Crippen molar-refractivity contribution in [2.24, 2.45) is 0 Å². The Morgan fingerprint density at radius 1 is 1.15 bits per heavy atom. The Morgan fingerprint density at radius 3 is 3.15 bits per heavy atom. The minimum absolute atomic E-state index is 0.806. The van der Waals surface area contributed by atoms with E-state index in [2.05, 4.69) is 9.97 Å². The van der Waals surface area contributed by atoms with E-state index in [9.17, 15) is 0 Å². The molecule has 0 spiro atoms. The summed E-state index contributed by atoms with van der Waals surface area (Å²) < 4.78 is 5.19. The van der Waals surface area contributed by atoms with Crippen LogP contribution in [0.25, 0.3) is 21.9 Å². The van der Waals surface area contributed by atoms with E-state index in [1.54, 1.807) is 6.20 Å². The molecule has 0 N–H and O–H groups in total. The predicted molar refractivity (Wildman–Crippen MR) is 49.3 cm³/mol. The SMILES string of the molecule is c1cc2cc3ncoc3cc2cn1. The molecule has 62 valence electrons. The maximum atomic E-state index is 5.19. The number of oxazole rings is 1. The predicted octanol–water partition coefficient (Wildman–Crippen LogP) is 2.38. The second-order valence-corrected chi connectivity index (χ2v) is 2.90. The van der Waals surface area contributed by atoms with Crippen LogP contribution in [0.3, 0.4) is 0 Å². The Balaban J connectivity index is 2.57. The summed E-state index contributed by atoms with van der Waals surface area (Å²) in [6, 6.07) is 5.91. The topological polar surface area (TPSA) is 38.9 Å². The van der Waals surface area contributed by atoms with Gasteiger partial charge in [-0.05, 0) is 23.6 Å². The van der Waals surface area contributed by atoms with Gasteiger partial charge in [-0.1, -0.05) is 0 Å². The molecule has 0 aliphatic rings. The molecule has 3 nitrogen and oxygen atoms in total. The fraction of sp³-hybridized carbons (Fsp3) is 0. The highest BCUT2D eigenvalue weighted by Crippen LogP contribution is 2.20. The number of aromatic nitrogens is 2. The van der Waals surface area contributed by atoms with Crippen molar-refractivity contribution in [2.75, 3.05) is 0 Å². The van der Waals surface area contributed by atoms with Gasteiger partial charge in [0.15, 0.2) is 12.0 Å². The molecule has 3 rings (SSSR count). The monoisotopic (exact) mass is 170 g/mol. The van der Waals surface area contributed by atoms with Crippen LogP contribution in [-0.4, -0.2) is 9.97 Å². The summed E-state index contributed by atoms with van der Waals surface area (Å²) >= 11 is 0. The molecule has 2 aromatic heterocycles. The molecule has 0 aliphatic heterocycles. The maximum absolute atomic E-state index is 5.19. The molecule has 0 atom stereocenters. The third kappa shape index (κ3) is 0.902. The molecule has 3 heteroatoms. The van der Waals surface area contributed by atoms with Crippen LogP contribution in [0.1, 0.15) is 0 Å². The summed E-state index contributed by atoms with van der Waals surface area (Å²) in [5, 5.41) is 2.21. The van der Waals surface area contributed by atoms with Crippen LogP contribution in [0.2, 0.25) is 0 Å². The summed E-state index contributed by atoms with van der Waals surface area (Å²) in [4.78, 5) is 8.12. The quantitative estimate of drug-likeness (QED) is 0.520. The summed E-state index contributed by atoms with van der Waals surface area (Å²) in [5.74, 6) is 0. The molecular formula is C10H6N2O. The Bertz CT molecular complexity index is 521. The molecule has 0 radical (unpaired) electrons. The Morgan fingerprint density at radius 2 is 2.15 bits per heavy atom. The first-order chi connectivity index (χ1) is 6.43. The number of nitrogens with zero attached hydrogens (tertiary/aromatic N) is 2. The molecule has 2 heterocycles. The minimum atomic E-state index is 0.806. The van der Waals surface area contributed by atoms with E-state index >= 15 is 0 Å². The van der Waals surface area contributed by atoms with Crippen LogP contribution in [0.15, 0.2) is 41.4 Å². The van der Waals surface area contributed by atoms with Gasteiger partial charge in [-0.3, -0.25) is 4.98 Å². The van der Waals surface area contributed by atoms with Crippen molar-refractivity contribution in [3.63, 3.8) is 0 Å². The molecule has 0 saturated carbocycles. The van der Waals surface area contributed by atoms with Gasteiger partial charge in [0, 0.05) is 17.8 Å². The van der Waals surface area contributed by atoms with Crippen molar-refractivity contribution in [1.82, 2.24) is 9.97 Å². The van der Waals surface area contributed by atoms with Crippen molar-refractivity contribution in [3.8, 4) is 0 Å². The van der Waals surface area contributed by atoms with Gasteiger partial charge >= 0.3 is 0 Å². The molecule has 3 aromatic rings. The number of pyridine rings is 1. The second kappa shape index (κ2) is 2.29. The highest BCUT2D eigenvalue weighted by molar-refractivity contribution is 5.93. The molecule has 0 bridgehead atoms. The summed E-state index contributed by atoms with van der Waals surface area (Å²) in [7, 11) is 0. The lowest BCUT2D eigenvalue weighted by atomic mass is 10.2. The fourth-order valence-corrected chi connectivity index (χ4v) is 1.44. The van der Waals surface area contributed by atoms with Crippen molar-refractivity contribution in [3.05, 3.63) is 37.0 Å². The van der Waals surface area contributed by atoms with Gasteiger partial charge in [-0.15, -0.1) is 0 Å². The van der Waals surface area contributed by atoms with Gasteiger partial charge in [0.25, 0.3) is 0 Å². The summed E-state index contributed by atoms with van der Waals surface area (Å²) in [6.45, 7) is 0. The van der Waals surface area contributed by atoms with Crippen LogP contribution >= 0.6 is 0 Å². The van der Waals surface area contributed by atoms with Gasteiger partial charge in [0.1, 0.15) is 5.52 Å². The van der Waals surface area contributed by atoms with E-state index in [0.29, 0.717) is 0 Å². The second-order valence-electron chi connectivity index (χ2n) is 2.90. The summed E-state index contributed by atoms with van der Waals surface area (Å²) in [6.07, 6.45) is 5.04. The molecule has 13 heavy (non-hydrogen) atoms.